The summed E-state index contributed by atoms with van der Waals surface area (Å²) in [6.45, 7) is 6.74. The third-order valence-electron chi connectivity index (χ3n) is 3.60. The van der Waals surface area contributed by atoms with Crippen molar-refractivity contribution in [3.05, 3.63) is 22.7 Å². The van der Waals surface area contributed by atoms with Crippen molar-refractivity contribution in [1.82, 2.24) is 5.32 Å². The molecule has 0 spiro atoms. The number of ether oxygens (including phenoxy) is 1. The average molecular weight is 327 g/mol. The SMILES string of the molecule is CCCNCC1CCN(c2cc(Br)cc(OC)c2)C1. The number of halogens is 1. The molecule has 0 aliphatic carbocycles. The summed E-state index contributed by atoms with van der Waals surface area (Å²) in [6, 6.07) is 6.29. The second-order valence-electron chi connectivity index (χ2n) is 5.15. The van der Waals surface area contributed by atoms with Gasteiger partial charge in [-0.1, -0.05) is 22.9 Å². The van der Waals surface area contributed by atoms with Gasteiger partial charge < -0.3 is 15.0 Å². The molecule has 1 heterocycles. The minimum absolute atomic E-state index is 0.761. The number of hydrogen-bond donors (Lipinski definition) is 1. The molecule has 0 bridgehead atoms. The van der Waals surface area contributed by atoms with Crippen LogP contribution < -0.4 is 15.0 Å². The van der Waals surface area contributed by atoms with Crippen LogP contribution in [-0.4, -0.2) is 33.3 Å². The van der Waals surface area contributed by atoms with Crippen LogP contribution in [0.2, 0.25) is 0 Å². The molecule has 1 fully saturated rings. The molecule has 106 valence electrons. The van der Waals surface area contributed by atoms with E-state index in [-0.39, 0.29) is 0 Å². The van der Waals surface area contributed by atoms with Crippen LogP contribution in [0.5, 0.6) is 5.75 Å². The van der Waals surface area contributed by atoms with E-state index in [0.717, 1.165) is 42.3 Å². The first-order valence-electron chi connectivity index (χ1n) is 7.03. The quantitative estimate of drug-likeness (QED) is 0.812. The zero-order valence-electron chi connectivity index (χ0n) is 11.8. The van der Waals surface area contributed by atoms with Gasteiger partial charge in [-0.25, -0.2) is 0 Å². The molecule has 1 aliphatic heterocycles. The minimum Gasteiger partial charge on any atom is -0.497 e. The fourth-order valence-corrected chi connectivity index (χ4v) is 3.03. The topological polar surface area (TPSA) is 24.5 Å². The minimum atomic E-state index is 0.761. The molecule has 1 aromatic rings. The molecule has 2 rings (SSSR count). The fraction of sp³-hybridized carbons (Fsp3) is 0.600. The summed E-state index contributed by atoms with van der Waals surface area (Å²) in [5, 5.41) is 3.52. The Hall–Kier alpha value is -0.740. The highest BCUT2D eigenvalue weighted by atomic mass is 79.9. The van der Waals surface area contributed by atoms with Crippen LogP contribution in [0.1, 0.15) is 19.8 Å². The Morgan fingerprint density at radius 1 is 1.42 bits per heavy atom. The summed E-state index contributed by atoms with van der Waals surface area (Å²) in [5.74, 6) is 1.67. The lowest BCUT2D eigenvalue weighted by molar-refractivity contribution is 0.414. The van der Waals surface area contributed by atoms with Crippen LogP contribution in [0.15, 0.2) is 22.7 Å². The predicted octanol–water partition coefficient (Wildman–Crippen LogP) is 3.28. The van der Waals surface area contributed by atoms with Crippen molar-refractivity contribution >= 4 is 21.6 Å². The van der Waals surface area contributed by atoms with E-state index in [0.29, 0.717) is 0 Å². The Balaban J connectivity index is 1.94. The summed E-state index contributed by atoms with van der Waals surface area (Å²) in [7, 11) is 1.72. The summed E-state index contributed by atoms with van der Waals surface area (Å²) >= 11 is 3.55. The zero-order chi connectivity index (χ0) is 13.7. The monoisotopic (exact) mass is 326 g/mol. The van der Waals surface area contributed by atoms with Crippen molar-refractivity contribution in [1.29, 1.82) is 0 Å². The Labute approximate surface area is 124 Å². The van der Waals surface area contributed by atoms with E-state index in [4.69, 9.17) is 4.74 Å². The molecule has 0 amide bonds. The fourth-order valence-electron chi connectivity index (χ4n) is 2.57. The van der Waals surface area contributed by atoms with Gasteiger partial charge in [0.05, 0.1) is 7.11 Å². The highest BCUT2D eigenvalue weighted by Gasteiger charge is 2.22. The first kappa shape index (κ1) is 14.7. The first-order valence-corrected chi connectivity index (χ1v) is 7.82. The number of hydrogen-bond acceptors (Lipinski definition) is 3. The van der Waals surface area contributed by atoms with E-state index in [2.05, 4.69) is 45.2 Å². The first-order chi connectivity index (χ1) is 9.22. The summed E-state index contributed by atoms with van der Waals surface area (Å²) in [4.78, 5) is 2.45. The van der Waals surface area contributed by atoms with Gasteiger partial charge in [0.1, 0.15) is 5.75 Å². The molecule has 1 atom stereocenters. The van der Waals surface area contributed by atoms with Crippen molar-refractivity contribution in [2.45, 2.75) is 19.8 Å². The molecule has 1 aromatic carbocycles. The molecule has 1 N–H and O–H groups in total. The molecule has 19 heavy (non-hydrogen) atoms. The highest BCUT2D eigenvalue weighted by Crippen LogP contribution is 2.30. The number of benzene rings is 1. The van der Waals surface area contributed by atoms with Crippen molar-refractivity contribution in [2.24, 2.45) is 5.92 Å². The summed E-state index contributed by atoms with van der Waals surface area (Å²) in [6.07, 6.45) is 2.48. The van der Waals surface area contributed by atoms with Crippen molar-refractivity contribution in [3.8, 4) is 5.75 Å². The normalized spacial score (nSPS) is 18.9. The van der Waals surface area contributed by atoms with Gasteiger partial charge in [-0.15, -0.1) is 0 Å². The Morgan fingerprint density at radius 2 is 2.26 bits per heavy atom. The maximum absolute atomic E-state index is 5.33. The summed E-state index contributed by atoms with van der Waals surface area (Å²) in [5.41, 5.74) is 1.25. The maximum atomic E-state index is 5.33. The lowest BCUT2D eigenvalue weighted by atomic mass is 10.1. The van der Waals surface area contributed by atoms with Gasteiger partial charge in [0, 0.05) is 29.3 Å². The molecule has 0 saturated carbocycles. The van der Waals surface area contributed by atoms with Gasteiger partial charge >= 0.3 is 0 Å². The lowest BCUT2D eigenvalue weighted by Crippen LogP contribution is -2.26. The molecule has 1 unspecified atom stereocenters. The Kier molecular flexibility index (Phi) is 5.52. The van der Waals surface area contributed by atoms with Crippen LogP contribution >= 0.6 is 15.9 Å². The second kappa shape index (κ2) is 7.15. The zero-order valence-corrected chi connectivity index (χ0v) is 13.4. The smallest absolute Gasteiger partial charge is 0.122 e. The van der Waals surface area contributed by atoms with E-state index in [1.807, 2.05) is 6.07 Å². The van der Waals surface area contributed by atoms with Crippen LogP contribution in [0.3, 0.4) is 0 Å². The second-order valence-corrected chi connectivity index (χ2v) is 6.07. The molecule has 1 aliphatic rings. The number of nitrogens with one attached hydrogen (secondary N) is 1. The van der Waals surface area contributed by atoms with Crippen molar-refractivity contribution in [3.63, 3.8) is 0 Å². The number of nitrogens with zero attached hydrogens (tertiary/aromatic N) is 1. The van der Waals surface area contributed by atoms with Gasteiger partial charge in [0.15, 0.2) is 0 Å². The van der Waals surface area contributed by atoms with Gasteiger partial charge in [-0.3, -0.25) is 0 Å². The molecule has 3 nitrogen and oxygen atoms in total. The maximum Gasteiger partial charge on any atom is 0.122 e. The summed E-state index contributed by atoms with van der Waals surface area (Å²) < 4.78 is 6.41. The van der Waals surface area contributed by atoms with E-state index < -0.39 is 0 Å². The van der Waals surface area contributed by atoms with Crippen LogP contribution in [0, 0.1) is 5.92 Å². The van der Waals surface area contributed by atoms with E-state index in [9.17, 15) is 0 Å². The highest BCUT2D eigenvalue weighted by molar-refractivity contribution is 9.10. The van der Waals surface area contributed by atoms with E-state index in [1.165, 1.54) is 18.5 Å². The molecule has 0 aromatic heterocycles. The van der Waals surface area contributed by atoms with Crippen LogP contribution in [0.25, 0.3) is 0 Å². The largest absolute Gasteiger partial charge is 0.497 e. The third-order valence-corrected chi connectivity index (χ3v) is 4.06. The number of methoxy groups -OCH3 is 1. The van der Waals surface area contributed by atoms with Gasteiger partial charge in [-0.05, 0) is 44.0 Å². The Morgan fingerprint density at radius 3 is 3.00 bits per heavy atom. The van der Waals surface area contributed by atoms with Gasteiger partial charge in [0.25, 0.3) is 0 Å². The number of rotatable bonds is 6. The van der Waals surface area contributed by atoms with E-state index in [1.54, 1.807) is 7.11 Å². The number of anilines is 1. The van der Waals surface area contributed by atoms with Crippen LogP contribution in [-0.2, 0) is 0 Å². The predicted molar refractivity (Wildman–Crippen MR) is 84.2 cm³/mol. The Bertz CT molecular complexity index is 411. The molecule has 0 radical (unpaired) electrons. The molecule has 4 heteroatoms. The molecule has 1 saturated heterocycles. The van der Waals surface area contributed by atoms with Crippen molar-refractivity contribution in [2.75, 3.05) is 38.2 Å². The molecular weight excluding hydrogens is 304 g/mol. The van der Waals surface area contributed by atoms with E-state index >= 15 is 0 Å². The average Bonchev–Trinajstić information content (AvgIpc) is 2.87. The standard InChI is InChI=1S/C15H23BrN2O/c1-3-5-17-10-12-4-6-18(11-12)14-7-13(16)8-15(9-14)19-2/h7-9,12,17H,3-6,10-11H2,1-2H3. The van der Waals surface area contributed by atoms with Gasteiger partial charge in [-0.2, -0.15) is 0 Å². The molecular formula is C15H23BrN2O. The van der Waals surface area contributed by atoms with Gasteiger partial charge in [0.2, 0.25) is 0 Å². The van der Waals surface area contributed by atoms with Crippen LogP contribution in [0.4, 0.5) is 5.69 Å². The van der Waals surface area contributed by atoms with Crippen molar-refractivity contribution < 1.29 is 4.74 Å². The lowest BCUT2D eigenvalue weighted by Gasteiger charge is -2.20. The third kappa shape index (κ3) is 4.11.